The van der Waals surface area contributed by atoms with Gasteiger partial charge in [-0.3, -0.25) is 0 Å². The highest BCUT2D eigenvalue weighted by Crippen LogP contribution is 2.66. The fraction of sp³-hybridized carbons (Fsp3) is 0.933. The van der Waals surface area contributed by atoms with Gasteiger partial charge in [0.1, 0.15) is 5.54 Å². The minimum Gasteiger partial charge on any atom is -0.375 e. The van der Waals surface area contributed by atoms with E-state index in [0.717, 1.165) is 12.3 Å². The molecule has 2 aliphatic carbocycles. The van der Waals surface area contributed by atoms with E-state index in [-0.39, 0.29) is 5.41 Å². The summed E-state index contributed by atoms with van der Waals surface area (Å²) in [7, 11) is 1.82. The Bertz CT molecular complexity index is 373. The molecule has 3 heteroatoms. The molecule has 1 N–H and O–H groups in total. The average Bonchev–Trinajstić information content (AvgIpc) is 2.68. The first-order valence-corrected chi connectivity index (χ1v) is 7.01. The third-order valence-corrected chi connectivity index (χ3v) is 6.09. The molecule has 0 aromatic carbocycles. The van der Waals surface area contributed by atoms with Gasteiger partial charge in [-0.1, -0.05) is 20.8 Å². The number of ether oxygens (including phenoxy) is 1. The molecule has 0 saturated heterocycles. The summed E-state index contributed by atoms with van der Waals surface area (Å²) in [6.45, 7) is 9.51. The average molecular weight is 250 g/mol. The summed E-state index contributed by atoms with van der Waals surface area (Å²) in [5.41, 5.74) is 0.0878. The van der Waals surface area contributed by atoms with E-state index < -0.39 is 5.54 Å². The molecule has 2 bridgehead atoms. The van der Waals surface area contributed by atoms with Crippen LogP contribution in [0.5, 0.6) is 0 Å². The lowest BCUT2D eigenvalue weighted by Crippen LogP contribution is -2.46. The SMILES string of the molecule is CNC(C)(C#N)COC1CC2CCC1(C)C2(C)C. The van der Waals surface area contributed by atoms with Crippen LogP contribution < -0.4 is 5.32 Å². The second kappa shape index (κ2) is 4.21. The molecule has 2 rings (SSSR count). The lowest BCUT2D eigenvalue weighted by Gasteiger charge is -2.39. The molecule has 0 aromatic heterocycles. The van der Waals surface area contributed by atoms with Gasteiger partial charge in [-0.05, 0) is 50.0 Å². The van der Waals surface area contributed by atoms with Gasteiger partial charge in [0.25, 0.3) is 0 Å². The molecule has 4 atom stereocenters. The van der Waals surface area contributed by atoms with Crippen LogP contribution >= 0.6 is 0 Å². The van der Waals surface area contributed by atoms with E-state index >= 15 is 0 Å². The number of rotatable bonds is 4. The number of hydrogen-bond donors (Lipinski definition) is 1. The van der Waals surface area contributed by atoms with Gasteiger partial charge in [-0.15, -0.1) is 0 Å². The molecule has 18 heavy (non-hydrogen) atoms. The van der Waals surface area contributed by atoms with Crippen molar-refractivity contribution < 1.29 is 4.74 Å². The van der Waals surface area contributed by atoms with Crippen molar-refractivity contribution in [3.05, 3.63) is 0 Å². The fourth-order valence-corrected chi connectivity index (χ4v) is 3.81. The molecule has 4 unspecified atom stereocenters. The highest BCUT2D eigenvalue weighted by molar-refractivity contribution is 5.12. The normalized spacial score (nSPS) is 40.4. The van der Waals surface area contributed by atoms with Gasteiger partial charge in [0.2, 0.25) is 0 Å². The number of nitriles is 1. The molecule has 2 fully saturated rings. The van der Waals surface area contributed by atoms with Crippen molar-refractivity contribution >= 4 is 0 Å². The highest BCUT2D eigenvalue weighted by Gasteiger charge is 2.62. The van der Waals surface area contributed by atoms with Crippen LogP contribution in [0.1, 0.15) is 47.0 Å². The Morgan fingerprint density at radius 1 is 1.44 bits per heavy atom. The first kappa shape index (κ1) is 13.8. The van der Waals surface area contributed by atoms with Crippen LogP contribution in [0.2, 0.25) is 0 Å². The predicted molar refractivity (Wildman–Crippen MR) is 72.0 cm³/mol. The first-order valence-electron chi connectivity index (χ1n) is 7.01. The Morgan fingerprint density at radius 2 is 2.11 bits per heavy atom. The summed E-state index contributed by atoms with van der Waals surface area (Å²) in [6.07, 6.45) is 4.07. The second-order valence-corrected chi connectivity index (χ2v) is 7.10. The van der Waals surface area contributed by atoms with Crippen LogP contribution in [0.25, 0.3) is 0 Å². The molecule has 2 aliphatic rings. The minimum absolute atomic E-state index is 0.280. The Morgan fingerprint density at radius 3 is 2.50 bits per heavy atom. The number of hydrogen-bond acceptors (Lipinski definition) is 3. The smallest absolute Gasteiger partial charge is 0.127 e. The number of fused-ring (bicyclic) bond motifs is 2. The van der Waals surface area contributed by atoms with Crippen molar-refractivity contribution in [1.29, 1.82) is 5.26 Å². The maximum absolute atomic E-state index is 9.17. The number of nitrogens with zero attached hydrogens (tertiary/aromatic N) is 1. The monoisotopic (exact) mass is 250 g/mol. The van der Waals surface area contributed by atoms with Crippen molar-refractivity contribution in [2.75, 3.05) is 13.7 Å². The molecule has 0 radical (unpaired) electrons. The molecule has 0 aromatic rings. The van der Waals surface area contributed by atoms with Crippen LogP contribution in [-0.4, -0.2) is 25.3 Å². The third kappa shape index (κ3) is 1.78. The topological polar surface area (TPSA) is 45.0 Å². The molecule has 102 valence electrons. The van der Waals surface area contributed by atoms with Crippen LogP contribution in [0, 0.1) is 28.1 Å². The largest absolute Gasteiger partial charge is 0.375 e. The van der Waals surface area contributed by atoms with Gasteiger partial charge in [0.05, 0.1) is 18.8 Å². The number of nitrogens with one attached hydrogen (secondary N) is 1. The zero-order valence-electron chi connectivity index (χ0n) is 12.3. The number of likely N-dealkylation sites (N-methyl/N-ethyl adjacent to an activating group) is 1. The zero-order chi connectivity index (χ0) is 13.6. The summed E-state index contributed by atoms with van der Waals surface area (Å²) < 4.78 is 6.14. The van der Waals surface area contributed by atoms with Crippen LogP contribution in [0.4, 0.5) is 0 Å². The standard InChI is InChI=1S/C15H26N2O/c1-13(2)11-6-7-15(13,4)12(8-11)18-10-14(3,9-16)17-5/h11-12,17H,6-8,10H2,1-5H3. The van der Waals surface area contributed by atoms with E-state index in [1.807, 2.05) is 14.0 Å². The van der Waals surface area contributed by atoms with E-state index in [0.29, 0.717) is 18.1 Å². The second-order valence-electron chi connectivity index (χ2n) is 7.10. The van der Waals surface area contributed by atoms with Gasteiger partial charge in [0, 0.05) is 0 Å². The Labute approximate surface area is 111 Å². The summed E-state index contributed by atoms with van der Waals surface area (Å²) in [5, 5.41) is 12.2. The molecule has 2 saturated carbocycles. The van der Waals surface area contributed by atoms with Crippen molar-refractivity contribution in [2.24, 2.45) is 16.7 Å². The third-order valence-electron chi connectivity index (χ3n) is 6.09. The predicted octanol–water partition coefficient (Wildman–Crippen LogP) is 2.72. The highest BCUT2D eigenvalue weighted by atomic mass is 16.5. The van der Waals surface area contributed by atoms with Crippen LogP contribution in [-0.2, 0) is 4.74 Å². The Balaban J connectivity index is 2.04. The summed E-state index contributed by atoms with van der Waals surface area (Å²) >= 11 is 0. The maximum atomic E-state index is 9.17. The minimum atomic E-state index is -0.567. The summed E-state index contributed by atoms with van der Waals surface area (Å²) in [6, 6.07) is 2.29. The van der Waals surface area contributed by atoms with Crippen molar-refractivity contribution in [2.45, 2.75) is 58.6 Å². The fourth-order valence-electron chi connectivity index (χ4n) is 3.81. The van der Waals surface area contributed by atoms with E-state index in [1.54, 1.807) is 0 Å². The molecule has 0 heterocycles. The van der Waals surface area contributed by atoms with Gasteiger partial charge < -0.3 is 10.1 Å². The van der Waals surface area contributed by atoms with E-state index in [9.17, 15) is 0 Å². The van der Waals surface area contributed by atoms with Gasteiger partial charge in [0.15, 0.2) is 0 Å². The van der Waals surface area contributed by atoms with E-state index in [1.165, 1.54) is 12.8 Å². The Hall–Kier alpha value is -0.590. The molecular formula is C15H26N2O. The lowest BCUT2D eigenvalue weighted by molar-refractivity contribution is -0.0583. The van der Waals surface area contributed by atoms with Crippen molar-refractivity contribution in [1.82, 2.24) is 5.32 Å². The van der Waals surface area contributed by atoms with Gasteiger partial charge >= 0.3 is 0 Å². The summed E-state index contributed by atoms with van der Waals surface area (Å²) in [5.74, 6) is 0.787. The van der Waals surface area contributed by atoms with Crippen LogP contribution in [0.3, 0.4) is 0 Å². The van der Waals surface area contributed by atoms with E-state index in [4.69, 9.17) is 10.00 Å². The van der Waals surface area contributed by atoms with Crippen molar-refractivity contribution in [3.63, 3.8) is 0 Å². The van der Waals surface area contributed by atoms with Crippen molar-refractivity contribution in [3.8, 4) is 6.07 Å². The van der Waals surface area contributed by atoms with Gasteiger partial charge in [-0.25, -0.2) is 0 Å². The molecule has 0 aliphatic heterocycles. The molecule has 0 amide bonds. The lowest BCUT2D eigenvalue weighted by atomic mass is 9.70. The molecular weight excluding hydrogens is 224 g/mol. The quantitative estimate of drug-likeness (QED) is 0.834. The zero-order valence-corrected chi connectivity index (χ0v) is 12.3. The maximum Gasteiger partial charge on any atom is 0.127 e. The van der Waals surface area contributed by atoms with Crippen LogP contribution in [0.15, 0.2) is 0 Å². The first-order chi connectivity index (χ1) is 8.29. The summed E-state index contributed by atoms with van der Waals surface area (Å²) in [4.78, 5) is 0. The molecule has 0 spiro atoms. The van der Waals surface area contributed by atoms with E-state index in [2.05, 4.69) is 32.2 Å². The Kier molecular flexibility index (Phi) is 3.24. The van der Waals surface area contributed by atoms with Gasteiger partial charge in [-0.2, -0.15) is 5.26 Å². The molecule has 3 nitrogen and oxygen atoms in total.